The Kier molecular flexibility index (Phi) is 6.41. The Morgan fingerprint density at radius 3 is 2.21 bits per heavy atom. The summed E-state index contributed by atoms with van der Waals surface area (Å²) >= 11 is 11.0. The van der Waals surface area contributed by atoms with E-state index in [-0.39, 0.29) is 10.9 Å². The summed E-state index contributed by atoms with van der Waals surface area (Å²) in [5.41, 5.74) is 8.91. The van der Waals surface area contributed by atoms with Gasteiger partial charge in [0.25, 0.3) is 5.91 Å². The molecule has 0 bridgehead atoms. The van der Waals surface area contributed by atoms with Crippen LogP contribution in [0.1, 0.15) is 38.7 Å². The summed E-state index contributed by atoms with van der Waals surface area (Å²) in [6.45, 7) is 1.74. The van der Waals surface area contributed by atoms with Crippen molar-refractivity contribution in [1.29, 1.82) is 0 Å². The number of aliphatic carboxylic acids is 1. The van der Waals surface area contributed by atoms with Gasteiger partial charge in [0.05, 0.1) is 12.6 Å². The monoisotopic (exact) mass is 492 g/mol. The van der Waals surface area contributed by atoms with Crippen molar-refractivity contribution in [2.24, 2.45) is 5.73 Å². The summed E-state index contributed by atoms with van der Waals surface area (Å²) in [5.74, 6) is -1.82. The topological polar surface area (TPSA) is 94.5 Å². The smallest absolute Gasteiger partial charge is 0.315 e. The molecule has 0 saturated carbocycles. The van der Waals surface area contributed by atoms with Crippen LogP contribution in [0.25, 0.3) is 10.9 Å². The van der Waals surface area contributed by atoms with Crippen LogP contribution < -0.4 is 10.5 Å². The zero-order valence-corrected chi connectivity index (χ0v) is 20.0. The first-order chi connectivity index (χ1) is 16.2. The molecule has 0 aliphatic rings. The second kappa shape index (κ2) is 9.29. The predicted molar refractivity (Wildman–Crippen MR) is 136 cm³/mol. The van der Waals surface area contributed by atoms with E-state index >= 15 is 0 Å². The summed E-state index contributed by atoms with van der Waals surface area (Å²) in [4.78, 5) is 26.3. The molecule has 0 amide bonds. The molecule has 1 unspecified atom stereocenters. The lowest BCUT2D eigenvalue weighted by atomic mass is 9.89. The van der Waals surface area contributed by atoms with Gasteiger partial charge >= 0.3 is 5.97 Å². The lowest BCUT2D eigenvalue weighted by Crippen LogP contribution is -2.17. The van der Waals surface area contributed by atoms with Crippen LogP contribution in [0.2, 0.25) is 5.02 Å². The van der Waals surface area contributed by atoms with E-state index in [1.165, 1.54) is 11.7 Å². The first kappa shape index (κ1) is 23.5. The fourth-order valence-electron chi connectivity index (χ4n) is 4.17. The van der Waals surface area contributed by atoms with E-state index in [1.54, 1.807) is 73.7 Å². The van der Waals surface area contributed by atoms with Crippen LogP contribution in [-0.4, -0.2) is 33.6 Å². The number of hydrogen-bond acceptors (Lipinski definition) is 4. The molecule has 0 fully saturated rings. The van der Waals surface area contributed by atoms with Gasteiger partial charge in [0.2, 0.25) is 0 Å². The van der Waals surface area contributed by atoms with Crippen molar-refractivity contribution >= 4 is 51.6 Å². The van der Waals surface area contributed by atoms with Crippen LogP contribution in [0.15, 0.2) is 66.7 Å². The van der Waals surface area contributed by atoms with Gasteiger partial charge in [0.15, 0.2) is 0 Å². The summed E-state index contributed by atoms with van der Waals surface area (Å²) in [5, 5.41) is 11.4. The van der Waals surface area contributed by atoms with Gasteiger partial charge in [-0.1, -0.05) is 48.1 Å². The summed E-state index contributed by atoms with van der Waals surface area (Å²) in [6.07, 6.45) is 0. The second-order valence-corrected chi connectivity index (χ2v) is 8.66. The van der Waals surface area contributed by atoms with Crippen LogP contribution in [0.4, 0.5) is 0 Å². The molecule has 0 aliphatic heterocycles. The van der Waals surface area contributed by atoms with Crippen molar-refractivity contribution in [2.75, 3.05) is 7.11 Å². The number of aromatic nitrogens is 1. The van der Waals surface area contributed by atoms with E-state index in [2.05, 4.69) is 0 Å². The molecule has 4 rings (SSSR count). The highest BCUT2D eigenvalue weighted by Gasteiger charge is 2.31. The number of rotatable bonds is 6. The van der Waals surface area contributed by atoms with Gasteiger partial charge in [0.1, 0.15) is 16.7 Å². The van der Waals surface area contributed by atoms with Gasteiger partial charge in [-0.15, -0.1) is 0 Å². The van der Waals surface area contributed by atoms with Crippen molar-refractivity contribution in [3.05, 3.63) is 99.7 Å². The third-order valence-electron chi connectivity index (χ3n) is 5.82. The molecule has 3 aromatic carbocycles. The number of benzene rings is 3. The number of carboxylic acids is 1. The third-order valence-corrected chi connectivity index (χ3v) is 6.31. The number of thiocarbonyl (C=S) groups is 1. The number of hydrogen-bond donors (Lipinski definition) is 2. The standard InChI is InChI=1S/C26H21ClN2O4S/c1-14-22(23(26(31)32)15-3-5-16(6-4-15)24(28)34)20-13-19(33-2)11-12-21(20)29(14)25(30)17-7-9-18(27)10-8-17/h3-13,23H,1-2H3,(H2,28,34)(H,31,32). The Bertz CT molecular complexity index is 1430. The number of fused-ring (bicyclic) bond motifs is 1. The number of carboxylic acid groups (broad SMARTS) is 1. The first-order valence-electron chi connectivity index (χ1n) is 10.3. The van der Waals surface area contributed by atoms with Crippen LogP contribution >= 0.6 is 23.8 Å². The molecule has 34 heavy (non-hydrogen) atoms. The molecule has 0 aliphatic carbocycles. The Morgan fingerprint density at radius 2 is 1.65 bits per heavy atom. The van der Waals surface area contributed by atoms with Crippen LogP contribution in [0.5, 0.6) is 5.75 Å². The van der Waals surface area contributed by atoms with E-state index in [0.717, 1.165) is 0 Å². The number of ether oxygens (including phenoxy) is 1. The van der Waals surface area contributed by atoms with Gasteiger partial charge in [-0.3, -0.25) is 14.2 Å². The maximum absolute atomic E-state index is 13.5. The lowest BCUT2D eigenvalue weighted by Gasteiger charge is -2.15. The zero-order valence-electron chi connectivity index (χ0n) is 18.4. The van der Waals surface area contributed by atoms with Crippen molar-refractivity contribution < 1.29 is 19.4 Å². The second-order valence-electron chi connectivity index (χ2n) is 7.79. The average Bonchev–Trinajstić information content (AvgIpc) is 3.10. The third kappa shape index (κ3) is 4.16. The minimum atomic E-state index is -1.05. The van der Waals surface area contributed by atoms with E-state index in [9.17, 15) is 14.7 Å². The molecule has 8 heteroatoms. The Morgan fingerprint density at radius 1 is 1.03 bits per heavy atom. The molecule has 0 saturated heterocycles. The van der Waals surface area contributed by atoms with Crippen LogP contribution in [-0.2, 0) is 4.79 Å². The molecule has 1 atom stereocenters. The fourth-order valence-corrected chi connectivity index (χ4v) is 4.43. The molecule has 3 N–H and O–H groups in total. The average molecular weight is 493 g/mol. The van der Waals surface area contributed by atoms with Gasteiger partial charge in [-0.2, -0.15) is 0 Å². The number of carbonyl (C=O) groups excluding carboxylic acids is 1. The number of halogens is 1. The van der Waals surface area contributed by atoms with Gasteiger partial charge < -0.3 is 15.6 Å². The molecule has 0 radical (unpaired) electrons. The number of nitrogens with two attached hydrogens (primary N) is 1. The minimum Gasteiger partial charge on any atom is -0.497 e. The molecule has 172 valence electrons. The predicted octanol–water partition coefficient (Wildman–Crippen LogP) is 5.15. The summed E-state index contributed by atoms with van der Waals surface area (Å²) in [6, 6.07) is 18.6. The van der Waals surface area contributed by atoms with Gasteiger partial charge in [-0.25, -0.2) is 0 Å². The molecular formula is C26H21ClN2O4S. The van der Waals surface area contributed by atoms with E-state index in [0.29, 0.717) is 49.6 Å². The number of methoxy groups -OCH3 is 1. The summed E-state index contributed by atoms with van der Waals surface area (Å²) < 4.78 is 6.92. The van der Waals surface area contributed by atoms with Crippen LogP contribution in [0, 0.1) is 6.92 Å². The molecule has 0 spiro atoms. The SMILES string of the molecule is COc1ccc2c(c1)c(C(C(=O)O)c1ccc(C(N)=S)cc1)c(C)n2C(=O)c1ccc(Cl)cc1. The van der Waals surface area contributed by atoms with Crippen molar-refractivity contribution in [3.63, 3.8) is 0 Å². The maximum atomic E-state index is 13.5. The highest BCUT2D eigenvalue weighted by molar-refractivity contribution is 7.80. The highest BCUT2D eigenvalue weighted by atomic mass is 35.5. The maximum Gasteiger partial charge on any atom is 0.315 e. The van der Waals surface area contributed by atoms with Crippen molar-refractivity contribution in [1.82, 2.24) is 4.57 Å². The lowest BCUT2D eigenvalue weighted by molar-refractivity contribution is -0.137. The molecule has 6 nitrogen and oxygen atoms in total. The van der Waals surface area contributed by atoms with E-state index in [4.69, 9.17) is 34.3 Å². The number of carbonyl (C=O) groups is 2. The Balaban J connectivity index is 1.97. The fraction of sp³-hybridized carbons (Fsp3) is 0.115. The van der Waals surface area contributed by atoms with Crippen molar-refractivity contribution in [2.45, 2.75) is 12.8 Å². The minimum absolute atomic E-state index is 0.226. The van der Waals surface area contributed by atoms with E-state index in [1.807, 2.05) is 0 Å². The highest BCUT2D eigenvalue weighted by Crippen LogP contribution is 2.38. The number of nitrogens with zero attached hydrogens (tertiary/aromatic N) is 1. The van der Waals surface area contributed by atoms with Gasteiger partial charge in [0, 0.05) is 27.2 Å². The van der Waals surface area contributed by atoms with Crippen LogP contribution in [0.3, 0.4) is 0 Å². The molecule has 1 aromatic heterocycles. The first-order valence-corrected chi connectivity index (χ1v) is 11.1. The Hall–Kier alpha value is -3.68. The van der Waals surface area contributed by atoms with Gasteiger partial charge in [-0.05, 0) is 60.5 Å². The molecule has 1 heterocycles. The zero-order chi connectivity index (χ0) is 24.6. The normalized spacial score (nSPS) is 11.9. The molecular weight excluding hydrogens is 472 g/mol. The Labute approximate surface area is 206 Å². The summed E-state index contributed by atoms with van der Waals surface area (Å²) in [7, 11) is 1.53. The quantitative estimate of drug-likeness (QED) is 0.361. The van der Waals surface area contributed by atoms with E-state index < -0.39 is 11.9 Å². The molecule has 4 aromatic rings. The van der Waals surface area contributed by atoms with Crippen molar-refractivity contribution in [3.8, 4) is 5.75 Å². The largest absolute Gasteiger partial charge is 0.497 e.